The number of aliphatic hydroxyl groups is 1. The number of esters is 3. The number of nitrogens with one attached hydrogen (secondary N) is 1. The minimum atomic E-state index is -2.76. The van der Waals surface area contributed by atoms with Crippen LogP contribution in [0.3, 0.4) is 0 Å². The summed E-state index contributed by atoms with van der Waals surface area (Å²) in [7, 11) is -2.76. The average molecular weight is 902 g/mol. The number of halogens is 1. The fourth-order valence-corrected chi connectivity index (χ4v) is 14.4. The van der Waals surface area contributed by atoms with Crippen molar-refractivity contribution in [1.29, 1.82) is 0 Å². The summed E-state index contributed by atoms with van der Waals surface area (Å²) >= 11 is 0. The van der Waals surface area contributed by atoms with Crippen LogP contribution in [0.4, 0.5) is 9.18 Å². The molecule has 3 aliphatic carbocycles. The molecule has 16 heteroatoms. The average Bonchev–Trinajstić information content (AvgIpc) is 3.66. The van der Waals surface area contributed by atoms with Crippen molar-refractivity contribution in [3.05, 3.63) is 59.7 Å². The second kappa shape index (κ2) is 18.0. The summed E-state index contributed by atoms with van der Waals surface area (Å²) in [6, 6.07) is 8.63. The van der Waals surface area contributed by atoms with Crippen molar-refractivity contribution >= 4 is 32.3 Å². The van der Waals surface area contributed by atoms with Crippen molar-refractivity contribution in [2.75, 3.05) is 13.3 Å². The van der Waals surface area contributed by atoms with Gasteiger partial charge in [-0.25, -0.2) is 18.8 Å². The highest BCUT2D eigenvalue weighted by atomic mass is 28.4. The second-order valence-electron chi connectivity index (χ2n) is 19.3. The summed E-state index contributed by atoms with van der Waals surface area (Å²) in [6.07, 6.45) is -5.16. The van der Waals surface area contributed by atoms with Gasteiger partial charge in [-0.1, -0.05) is 66.3 Å². The number of alkyl carbamates (subject to hydrolysis) is 1. The number of benzene rings is 1. The Bertz CT molecular complexity index is 1930. The SMILES string of the molecule is C=C[C@@H]1O[C@@H]2C3=C(C)[C@@H](OC(=O)[C@](C)(O[Si](CC)(CC)CC)[C@H](CF)NC(=O)OC(C)C)C[C@@](O)([C@@H](OC(=O)c4ccccc4)[C@H]4[C@@](C)(CC[C@H]5OC[C@]54OC(C)=O)[C@@H]2O1)C3(C)C. The van der Waals surface area contributed by atoms with Crippen LogP contribution in [0.25, 0.3) is 0 Å². The molecule has 2 saturated carbocycles. The molecule has 12 atom stereocenters. The van der Waals surface area contributed by atoms with Crippen LogP contribution < -0.4 is 5.32 Å². The first-order valence-electron chi connectivity index (χ1n) is 22.4. The predicted molar refractivity (Wildman–Crippen MR) is 232 cm³/mol. The van der Waals surface area contributed by atoms with Gasteiger partial charge in [-0.15, -0.1) is 0 Å². The molecule has 1 aromatic rings. The van der Waals surface area contributed by atoms with E-state index in [1.54, 1.807) is 51.1 Å². The van der Waals surface area contributed by atoms with Gasteiger partial charge in [0.25, 0.3) is 0 Å². The number of alkyl halides is 1. The molecule has 0 aromatic heterocycles. The van der Waals surface area contributed by atoms with Crippen LogP contribution in [-0.4, -0.2) is 116 Å². The molecule has 2 N–H and O–H groups in total. The normalized spacial score (nSPS) is 34.6. The van der Waals surface area contributed by atoms with Gasteiger partial charge in [0.15, 0.2) is 25.8 Å². The molecule has 0 unspecified atom stereocenters. The highest BCUT2D eigenvalue weighted by Crippen LogP contribution is 2.66. The van der Waals surface area contributed by atoms with Crippen LogP contribution in [-0.2, 0) is 47.2 Å². The fourth-order valence-electron chi connectivity index (χ4n) is 11.4. The van der Waals surface area contributed by atoms with Crippen molar-refractivity contribution in [3.63, 3.8) is 0 Å². The van der Waals surface area contributed by atoms with E-state index in [0.29, 0.717) is 42.1 Å². The minimum absolute atomic E-state index is 0.0405. The third-order valence-corrected chi connectivity index (χ3v) is 19.9. The molecule has 4 fully saturated rings. The van der Waals surface area contributed by atoms with Gasteiger partial charge in [0.2, 0.25) is 0 Å². The third kappa shape index (κ3) is 8.19. The summed E-state index contributed by atoms with van der Waals surface area (Å²) < 4.78 is 66.7. The molecule has 0 spiro atoms. The van der Waals surface area contributed by atoms with Crippen LogP contribution >= 0.6 is 0 Å². The van der Waals surface area contributed by atoms with Gasteiger partial charge >= 0.3 is 24.0 Å². The molecule has 2 heterocycles. The third-order valence-electron chi connectivity index (χ3n) is 15.2. The maximum Gasteiger partial charge on any atom is 0.407 e. The van der Waals surface area contributed by atoms with Crippen LogP contribution in [0.5, 0.6) is 0 Å². The van der Waals surface area contributed by atoms with Crippen molar-refractivity contribution in [3.8, 4) is 0 Å². The Balaban J connectivity index is 1.57. The van der Waals surface area contributed by atoms with E-state index in [4.69, 9.17) is 37.6 Å². The summed E-state index contributed by atoms with van der Waals surface area (Å²) in [5.74, 6) is -3.24. The van der Waals surface area contributed by atoms with Gasteiger partial charge in [-0.3, -0.25) is 4.79 Å². The number of ether oxygens (including phenoxy) is 7. The van der Waals surface area contributed by atoms with E-state index in [2.05, 4.69) is 11.9 Å². The highest BCUT2D eigenvalue weighted by molar-refractivity contribution is 6.73. The van der Waals surface area contributed by atoms with Gasteiger partial charge in [-0.2, -0.15) is 0 Å². The van der Waals surface area contributed by atoms with Gasteiger partial charge in [0, 0.05) is 24.2 Å². The lowest BCUT2D eigenvalue weighted by atomic mass is 9.45. The lowest BCUT2D eigenvalue weighted by Gasteiger charge is -2.68. The summed E-state index contributed by atoms with van der Waals surface area (Å²) in [5.41, 5.74) is -6.51. The van der Waals surface area contributed by atoms with Crippen molar-refractivity contribution in [2.45, 2.75) is 179 Å². The topological polar surface area (TPSA) is 174 Å². The zero-order chi connectivity index (χ0) is 46.5. The molecule has 1 amide bonds. The molecule has 5 aliphatic rings. The van der Waals surface area contributed by atoms with Gasteiger partial charge in [0.1, 0.15) is 36.7 Å². The maximum absolute atomic E-state index is 15.4. The molecule has 2 saturated heterocycles. The van der Waals surface area contributed by atoms with E-state index >= 15 is 9.18 Å². The molecule has 1 aromatic carbocycles. The first kappa shape index (κ1) is 48.8. The summed E-state index contributed by atoms with van der Waals surface area (Å²) in [5, 5.41) is 16.5. The second-order valence-corrected chi connectivity index (χ2v) is 24.0. The maximum atomic E-state index is 15.4. The lowest BCUT2D eigenvalue weighted by molar-refractivity contribution is -0.345. The molecule has 14 nitrogen and oxygen atoms in total. The number of amides is 1. The van der Waals surface area contributed by atoms with Crippen LogP contribution in [0.15, 0.2) is 54.1 Å². The zero-order valence-electron chi connectivity index (χ0n) is 38.7. The number of rotatable bonds is 15. The number of hydrogen-bond donors (Lipinski definition) is 2. The highest BCUT2D eigenvalue weighted by Gasteiger charge is 2.77. The fraction of sp³-hybridized carbons (Fsp3) is 0.702. The van der Waals surface area contributed by atoms with Crippen molar-refractivity contribution in [1.82, 2.24) is 5.32 Å². The minimum Gasteiger partial charge on any atom is -0.456 e. The Morgan fingerprint density at radius 2 is 1.71 bits per heavy atom. The Hall–Kier alpha value is -3.67. The number of carbonyl (C=O) groups is 4. The van der Waals surface area contributed by atoms with E-state index in [1.165, 1.54) is 19.9 Å². The standard InChI is InChI=1S/C47H68FNO13Si/c1-13-34-58-36-35-28(7)31(57-41(52)45(12,62-63(14-2,15-3)16-4)32(25-48)49-42(53)56-27(5)6)24-47(54,43(35,9)10)39(60-40(51)30-20-18-17-19-21-30)37-44(11,38(36)59-34)23-22-33-46(37,26-55-33)61-29(8)50/h13,17-21,27,31-34,36-39,54H,1,14-16,22-26H2,2-12H3,(H,49,53)/t31-,32-,33+,34+,36+,37-,38+,39-,44+,45+,46-,47+/m0/s1. The predicted octanol–water partition coefficient (Wildman–Crippen LogP) is 7.28. The summed E-state index contributed by atoms with van der Waals surface area (Å²) in [6.45, 7) is 22.1. The number of carbonyl (C=O) groups excluding carboxylic acids is 4. The van der Waals surface area contributed by atoms with E-state index in [9.17, 15) is 19.5 Å². The van der Waals surface area contributed by atoms with Gasteiger partial charge < -0.3 is 48.0 Å². The van der Waals surface area contributed by atoms with Gasteiger partial charge in [0.05, 0.1) is 36.3 Å². The Morgan fingerprint density at radius 3 is 2.25 bits per heavy atom. The molecular weight excluding hydrogens is 834 g/mol. The first-order valence-corrected chi connectivity index (χ1v) is 25.0. The molecule has 2 aliphatic heterocycles. The number of hydrogen-bond acceptors (Lipinski definition) is 13. The van der Waals surface area contributed by atoms with Crippen molar-refractivity contribution < 1.29 is 66.3 Å². The van der Waals surface area contributed by atoms with Crippen LogP contribution in [0.1, 0.15) is 106 Å². The van der Waals surface area contributed by atoms with E-state index in [1.807, 2.05) is 41.5 Å². The van der Waals surface area contributed by atoms with Crippen molar-refractivity contribution in [2.24, 2.45) is 16.7 Å². The lowest BCUT2D eigenvalue weighted by Crippen LogP contribution is -2.79. The Morgan fingerprint density at radius 1 is 1.06 bits per heavy atom. The summed E-state index contributed by atoms with van der Waals surface area (Å²) in [4.78, 5) is 55.8. The molecule has 6 rings (SSSR count). The number of fused-ring (bicyclic) bond motifs is 8. The van der Waals surface area contributed by atoms with Crippen LogP contribution in [0, 0.1) is 16.7 Å². The zero-order valence-corrected chi connectivity index (χ0v) is 39.7. The molecular formula is C47H68FNO13Si. The quantitative estimate of drug-likeness (QED) is 0.0779. The smallest absolute Gasteiger partial charge is 0.407 e. The monoisotopic (exact) mass is 901 g/mol. The Labute approximate surface area is 372 Å². The van der Waals surface area contributed by atoms with Gasteiger partial charge in [-0.05, 0) is 88.0 Å². The molecule has 350 valence electrons. The molecule has 63 heavy (non-hydrogen) atoms. The largest absolute Gasteiger partial charge is 0.456 e. The molecule has 2 bridgehead atoms. The first-order chi connectivity index (χ1) is 29.6. The van der Waals surface area contributed by atoms with E-state index in [-0.39, 0.29) is 18.6 Å². The molecule has 0 radical (unpaired) electrons. The van der Waals surface area contributed by atoms with E-state index in [0.717, 1.165) is 0 Å². The van der Waals surface area contributed by atoms with Crippen LogP contribution in [0.2, 0.25) is 18.1 Å². The van der Waals surface area contributed by atoms with E-state index < -0.39 is 121 Å². The Kier molecular flexibility index (Phi) is 13.9.